The molecule has 0 spiro atoms. The fourth-order valence-corrected chi connectivity index (χ4v) is 5.50. The van der Waals surface area contributed by atoms with Crippen LogP contribution in [0.3, 0.4) is 0 Å². The Morgan fingerprint density at radius 2 is 1.24 bits per heavy atom. The number of carbonyl (C=O) groups is 2. The third kappa shape index (κ3) is 7.73. The second-order valence-corrected chi connectivity index (χ2v) is 16.8. The lowest BCUT2D eigenvalue weighted by molar-refractivity contribution is 0.0566. The molecule has 1 saturated carbocycles. The summed E-state index contributed by atoms with van der Waals surface area (Å²) in [5, 5.41) is 0.0295. The molecular formula is C26H50N2O5Si. The summed E-state index contributed by atoms with van der Waals surface area (Å²) < 4.78 is 18.3. The summed E-state index contributed by atoms with van der Waals surface area (Å²) in [4.78, 5) is 29.3. The lowest BCUT2D eigenvalue weighted by Crippen LogP contribution is -2.45. The molecule has 0 saturated heterocycles. The lowest BCUT2D eigenvalue weighted by Gasteiger charge is -2.39. The van der Waals surface area contributed by atoms with Gasteiger partial charge in [-0.05, 0) is 86.4 Å². The summed E-state index contributed by atoms with van der Waals surface area (Å²) in [5.74, 6) is 0. The molecule has 0 heterocycles. The summed E-state index contributed by atoms with van der Waals surface area (Å²) in [7, 11) is -2.10. The second kappa shape index (κ2) is 11.9. The first-order valence-electron chi connectivity index (χ1n) is 12.8. The molecule has 0 aromatic heterocycles. The monoisotopic (exact) mass is 498 g/mol. The van der Waals surface area contributed by atoms with Crippen molar-refractivity contribution < 1.29 is 23.5 Å². The van der Waals surface area contributed by atoms with Crippen LogP contribution in [0, 0.1) is 0 Å². The van der Waals surface area contributed by atoms with E-state index in [-0.39, 0.29) is 41.4 Å². The van der Waals surface area contributed by atoms with Crippen LogP contribution in [0.15, 0.2) is 11.8 Å². The van der Waals surface area contributed by atoms with Crippen molar-refractivity contribution in [2.75, 3.05) is 0 Å². The van der Waals surface area contributed by atoms with E-state index >= 15 is 0 Å². The molecule has 2 atom stereocenters. The summed E-state index contributed by atoms with van der Waals surface area (Å²) >= 11 is 0. The van der Waals surface area contributed by atoms with Gasteiger partial charge in [0.2, 0.25) is 0 Å². The van der Waals surface area contributed by atoms with Crippen LogP contribution in [-0.4, -0.2) is 66.7 Å². The molecule has 1 fully saturated rings. The van der Waals surface area contributed by atoms with E-state index in [1.807, 2.05) is 55.4 Å². The average Bonchev–Trinajstić information content (AvgIpc) is 2.98. The summed E-state index contributed by atoms with van der Waals surface area (Å²) in [5.41, 5.74) is 0.728. The molecular weight excluding hydrogens is 448 g/mol. The molecule has 0 bridgehead atoms. The van der Waals surface area contributed by atoms with Crippen molar-refractivity contribution in [1.82, 2.24) is 9.80 Å². The zero-order valence-corrected chi connectivity index (χ0v) is 24.9. The van der Waals surface area contributed by atoms with Gasteiger partial charge >= 0.3 is 12.2 Å². The fourth-order valence-electron chi connectivity index (χ4n) is 4.18. The van der Waals surface area contributed by atoms with Crippen molar-refractivity contribution >= 4 is 20.5 Å². The first kappa shape index (κ1) is 30.5. The lowest BCUT2D eigenvalue weighted by atomic mass is 10.2. The number of hydrogen-bond acceptors (Lipinski definition) is 5. The zero-order chi connectivity index (χ0) is 26.6. The van der Waals surface area contributed by atoms with Gasteiger partial charge in [-0.2, -0.15) is 0 Å². The molecule has 2 amide bonds. The van der Waals surface area contributed by atoms with Crippen LogP contribution >= 0.6 is 0 Å². The number of carbonyl (C=O) groups excluding carboxylic acids is 2. The highest BCUT2D eigenvalue weighted by molar-refractivity contribution is 6.74. The van der Waals surface area contributed by atoms with E-state index in [2.05, 4.69) is 33.9 Å². The Bertz CT molecular complexity index is 709. The van der Waals surface area contributed by atoms with E-state index in [1.54, 1.807) is 9.80 Å². The van der Waals surface area contributed by atoms with Crippen LogP contribution in [0.25, 0.3) is 0 Å². The molecule has 0 aromatic rings. The minimum atomic E-state index is -2.10. The van der Waals surface area contributed by atoms with E-state index in [9.17, 15) is 9.59 Å². The normalized spacial score (nSPS) is 20.6. The molecule has 1 aliphatic rings. The minimum Gasteiger partial charge on any atom is -0.441 e. The van der Waals surface area contributed by atoms with Crippen LogP contribution in [0.5, 0.6) is 0 Å². The maximum atomic E-state index is 13.0. The van der Waals surface area contributed by atoms with Crippen molar-refractivity contribution in [1.29, 1.82) is 0 Å². The molecule has 1 rings (SSSR count). The summed E-state index contributed by atoms with van der Waals surface area (Å²) in [6, 6.07) is 0.0502. The molecule has 7 nitrogen and oxygen atoms in total. The van der Waals surface area contributed by atoms with E-state index in [0.717, 1.165) is 12.0 Å². The van der Waals surface area contributed by atoms with Gasteiger partial charge in [-0.15, -0.1) is 0 Å². The van der Waals surface area contributed by atoms with Crippen molar-refractivity contribution in [2.45, 2.75) is 144 Å². The molecule has 0 N–H and O–H groups in total. The van der Waals surface area contributed by atoms with Crippen LogP contribution in [-0.2, 0) is 13.9 Å². The Balaban J connectivity index is 3.24. The largest absolute Gasteiger partial charge is 0.441 e. The second-order valence-electron chi connectivity index (χ2n) is 12.0. The van der Waals surface area contributed by atoms with Gasteiger partial charge in [0.25, 0.3) is 0 Å². The highest BCUT2D eigenvalue weighted by Gasteiger charge is 2.44. The molecule has 198 valence electrons. The summed E-state index contributed by atoms with van der Waals surface area (Å²) in [6.07, 6.45) is 1.34. The Kier molecular flexibility index (Phi) is 10.7. The third-order valence-corrected chi connectivity index (χ3v) is 11.3. The van der Waals surface area contributed by atoms with Crippen LogP contribution < -0.4 is 0 Å². The Morgan fingerprint density at radius 1 is 0.824 bits per heavy atom. The topological polar surface area (TPSA) is 68.3 Å². The quantitative estimate of drug-likeness (QED) is 0.268. The average molecular weight is 499 g/mol. The maximum absolute atomic E-state index is 13.0. The van der Waals surface area contributed by atoms with Crippen molar-refractivity contribution in [3.63, 3.8) is 0 Å². The molecule has 1 aliphatic carbocycles. The molecule has 0 aliphatic heterocycles. The Labute approximate surface area is 209 Å². The molecule has 0 radical (unpaired) electrons. The zero-order valence-electron chi connectivity index (χ0n) is 23.9. The fraction of sp³-hybridized carbons (Fsp3) is 0.846. The van der Waals surface area contributed by atoms with Gasteiger partial charge in [0.05, 0.1) is 6.10 Å². The molecule has 34 heavy (non-hydrogen) atoms. The molecule has 0 aromatic carbocycles. The summed E-state index contributed by atoms with van der Waals surface area (Å²) in [6.45, 7) is 26.7. The first-order valence-corrected chi connectivity index (χ1v) is 15.7. The van der Waals surface area contributed by atoms with Crippen LogP contribution in [0.4, 0.5) is 9.59 Å². The smallest absolute Gasteiger partial charge is 0.415 e. The predicted octanol–water partition coefficient (Wildman–Crippen LogP) is 6.93. The SMILES string of the molecule is CC(C)N(C(=O)O/C=C1/C(O[Si](C)(C)C(C)(C)C)CC[C@H]1OC(=O)N(C(C)C)C(C)C)C(C)C. The first-order chi connectivity index (χ1) is 15.4. The maximum Gasteiger partial charge on any atom is 0.415 e. The van der Waals surface area contributed by atoms with E-state index in [4.69, 9.17) is 13.9 Å². The van der Waals surface area contributed by atoms with E-state index in [1.165, 1.54) is 6.26 Å². The van der Waals surface area contributed by atoms with Crippen molar-refractivity contribution in [3.8, 4) is 0 Å². The molecule has 8 heteroatoms. The van der Waals surface area contributed by atoms with Gasteiger partial charge in [-0.1, -0.05) is 20.8 Å². The van der Waals surface area contributed by atoms with E-state index < -0.39 is 20.5 Å². The van der Waals surface area contributed by atoms with Gasteiger partial charge in [0.15, 0.2) is 8.32 Å². The van der Waals surface area contributed by atoms with Gasteiger partial charge in [0, 0.05) is 29.7 Å². The number of nitrogens with zero attached hydrogens (tertiary/aromatic N) is 2. The third-order valence-electron chi connectivity index (χ3n) is 6.86. The standard InChI is InChI=1S/C26H50N2O5Si/c1-17(2)27(18(3)4)24(29)31-16-21-22(32-25(30)28(19(5)6)20(7)8)14-15-23(21)33-34(12,13)26(9,10)11/h16-20,22-23H,14-15H2,1-13H3/b21-16+/t22-,23?/m1/s1. The van der Waals surface area contributed by atoms with Gasteiger partial charge in [-0.3, -0.25) is 0 Å². The van der Waals surface area contributed by atoms with Gasteiger partial charge in [-0.25, -0.2) is 9.59 Å². The number of ether oxygens (including phenoxy) is 2. The highest BCUT2D eigenvalue weighted by Crippen LogP contribution is 2.41. The highest BCUT2D eigenvalue weighted by atomic mass is 28.4. The van der Waals surface area contributed by atoms with Gasteiger partial charge < -0.3 is 23.7 Å². The predicted molar refractivity (Wildman–Crippen MR) is 140 cm³/mol. The van der Waals surface area contributed by atoms with Crippen LogP contribution in [0.1, 0.15) is 89.0 Å². The van der Waals surface area contributed by atoms with Crippen LogP contribution in [0.2, 0.25) is 18.1 Å². The number of hydrogen-bond donors (Lipinski definition) is 0. The van der Waals surface area contributed by atoms with Crippen molar-refractivity contribution in [2.24, 2.45) is 0 Å². The minimum absolute atomic E-state index is 0.00743. The van der Waals surface area contributed by atoms with Gasteiger partial charge in [0.1, 0.15) is 12.4 Å². The number of rotatable bonds is 8. The Morgan fingerprint density at radius 3 is 1.65 bits per heavy atom. The Hall–Kier alpha value is -1.54. The number of amides is 2. The molecule has 1 unspecified atom stereocenters. The van der Waals surface area contributed by atoms with E-state index in [0.29, 0.717) is 6.42 Å². The van der Waals surface area contributed by atoms with Crippen molar-refractivity contribution in [3.05, 3.63) is 11.8 Å².